The standard InChI is InChI=1S/C21H23N3/c1-2-6-18(7-3-1)16-23-10-12-24(13-11-23)17-19-14-20-8-4-5-9-21(20)22-15-19/h1-9,14-15H,10-13,16-17H2. The molecule has 3 nitrogen and oxygen atoms in total. The fourth-order valence-electron chi connectivity index (χ4n) is 3.41. The first-order valence-corrected chi connectivity index (χ1v) is 8.69. The lowest BCUT2D eigenvalue weighted by Gasteiger charge is -2.34. The van der Waals surface area contributed by atoms with Crippen molar-refractivity contribution in [3.05, 3.63) is 78.0 Å². The van der Waals surface area contributed by atoms with Crippen LogP contribution >= 0.6 is 0 Å². The van der Waals surface area contributed by atoms with Gasteiger partial charge in [-0.25, -0.2) is 0 Å². The van der Waals surface area contributed by atoms with Gasteiger partial charge in [0.25, 0.3) is 0 Å². The van der Waals surface area contributed by atoms with Crippen molar-refractivity contribution >= 4 is 10.9 Å². The minimum atomic E-state index is 0.997. The predicted molar refractivity (Wildman–Crippen MR) is 98.7 cm³/mol. The highest BCUT2D eigenvalue weighted by Gasteiger charge is 2.17. The SMILES string of the molecule is c1ccc(CN2CCN(Cc3cnc4ccccc4c3)CC2)cc1. The molecular formula is C21H23N3. The Morgan fingerprint density at radius 2 is 1.33 bits per heavy atom. The maximum atomic E-state index is 4.58. The highest BCUT2D eigenvalue weighted by Crippen LogP contribution is 2.15. The summed E-state index contributed by atoms with van der Waals surface area (Å²) in [6.45, 7) is 6.58. The summed E-state index contributed by atoms with van der Waals surface area (Å²) in [5.41, 5.74) is 3.80. The third kappa shape index (κ3) is 3.64. The Balaban J connectivity index is 1.34. The van der Waals surface area contributed by atoms with Gasteiger partial charge in [-0.15, -0.1) is 0 Å². The Labute approximate surface area is 143 Å². The van der Waals surface area contributed by atoms with Gasteiger partial charge in [0.1, 0.15) is 0 Å². The summed E-state index contributed by atoms with van der Waals surface area (Å²) in [4.78, 5) is 9.66. The molecule has 3 aromatic rings. The number of para-hydroxylation sites is 1. The number of rotatable bonds is 4. The van der Waals surface area contributed by atoms with Gasteiger partial charge >= 0.3 is 0 Å². The fraction of sp³-hybridized carbons (Fsp3) is 0.286. The van der Waals surface area contributed by atoms with Gasteiger partial charge in [0.15, 0.2) is 0 Å². The van der Waals surface area contributed by atoms with E-state index in [9.17, 15) is 0 Å². The lowest BCUT2D eigenvalue weighted by molar-refractivity contribution is 0.122. The van der Waals surface area contributed by atoms with Gasteiger partial charge in [-0.3, -0.25) is 14.8 Å². The number of fused-ring (bicyclic) bond motifs is 1. The molecule has 1 aromatic heterocycles. The summed E-state index contributed by atoms with van der Waals surface area (Å²) in [5, 5.41) is 1.23. The molecule has 0 radical (unpaired) electrons. The zero-order valence-corrected chi connectivity index (χ0v) is 13.9. The van der Waals surface area contributed by atoms with Crippen LogP contribution in [0.1, 0.15) is 11.1 Å². The number of aromatic nitrogens is 1. The van der Waals surface area contributed by atoms with Crippen LogP contribution in [0.4, 0.5) is 0 Å². The number of hydrogen-bond donors (Lipinski definition) is 0. The van der Waals surface area contributed by atoms with Crippen LogP contribution in [-0.2, 0) is 13.1 Å². The summed E-state index contributed by atoms with van der Waals surface area (Å²) < 4.78 is 0. The van der Waals surface area contributed by atoms with Crippen molar-refractivity contribution in [1.29, 1.82) is 0 Å². The molecule has 0 N–H and O–H groups in total. The van der Waals surface area contributed by atoms with Crippen LogP contribution in [0.25, 0.3) is 10.9 Å². The average molecular weight is 317 g/mol. The van der Waals surface area contributed by atoms with E-state index in [-0.39, 0.29) is 0 Å². The molecule has 122 valence electrons. The molecule has 0 amide bonds. The summed E-state index contributed by atoms with van der Waals surface area (Å²) >= 11 is 0. The van der Waals surface area contributed by atoms with E-state index in [0.29, 0.717) is 0 Å². The van der Waals surface area contributed by atoms with Gasteiger partial charge in [0, 0.05) is 50.9 Å². The molecule has 0 aliphatic carbocycles. The molecule has 24 heavy (non-hydrogen) atoms. The molecule has 1 aliphatic rings. The molecule has 0 atom stereocenters. The molecule has 1 aliphatic heterocycles. The van der Waals surface area contributed by atoms with E-state index < -0.39 is 0 Å². The van der Waals surface area contributed by atoms with Gasteiger partial charge in [0.2, 0.25) is 0 Å². The van der Waals surface area contributed by atoms with Crippen molar-refractivity contribution in [2.24, 2.45) is 0 Å². The first kappa shape index (κ1) is 15.3. The molecule has 2 aromatic carbocycles. The van der Waals surface area contributed by atoms with Crippen molar-refractivity contribution < 1.29 is 0 Å². The maximum absolute atomic E-state index is 4.58. The summed E-state index contributed by atoms with van der Waals surface area (Å²) in [5.74, 6) is 0. The summed E-state index contributed by atoms with van der Waals surface area (Å²) in [7, 11) is 0. The first-order valence-electron chi connectivity index (χ1n) is 8.69. The van der Waals surface area contributed by atoms with Gasteiger partial charge in [0.05, 0.1) is 5.52 Å². The highest BCUT2D eigenvalue weighted by molar-refractivity contribution is 5.78. The van der Waals surface area contributed by atoms with Crippen LogP contribution in [0.2, 0.25) is 0 Å². The fourth-order valence-corrected chi connectivity index (χ4v) is 3.41. The second kappa shape index (κ2) is 7.12. The third-order valence-corrected chi connectivity index (χ3v) is 4.77. The average Bonchev–Trinajstić information content (AvgIpc) is 2.64. The largest absolute Gasteiger partial charge is 0.297 e. The second-order valence-electron chi connectivity index (χ2n) is 6.57. The van der Waals surface area contributed by atoms with Crippen LogP contribution in [0.5, 0.6) is 0 Å². The Bertz CT molecular complexity index is 792. The molecule has 1 saturated heterocycles. The highest BCUT2D eigenvalue weighted by atomic mass is 15.3. The van der Waals surface area contributed by atoms with E-state index in [1.165, 1.54) is 16.5 Å². The number of pyridine rings is 1. The molecule has 2 heterocycles. The minimum Gasteiger partial charge on any atom is -0.297 e. The van der Waals surface area contributed by atoms with Crippen LogP contribution in [0.15, 0.2) is 66.9 Å². The van der Waals surface area contributed by atoms with E-state index in [2.05, 4.69) is 69.4 Å². The zero-order valence-electron chi connectivity index (χ0n) is 13.9. The lowest BCUT2D eigenvalue weighted by Crippen LogP contribution is -2.45. The first-order chi connectivity index (χ1) is 11.9. The molecule has 0 spiro atoms. The Hall–Kier alpha value is -2.23. The van der Waals surface area contributed by atoms with E-state index in [1.807, 2.05) is 12.3 Å². The molecule has 3 heteroatoms. The van der Waals surface area contributed by atoms with Gasteiger partial charge in [-0.2, -0.15) is 0 Å². The Morgan fingerprint density at radius 1 is 0.708 bits per heavy atom. The molecule has 4 rings (SSSR count). The van der Waals surface area contributed by atoms with Crippen molar-refractivity contribution in [2.75, 3.05) is 26.2 Å². The van der Waals surface area contributed by atoms with Gasteiger partial charge in [-0.05, 0) is 23.3 Å². The quantitative estimate of drug-likeness (QED) is 0.733. The monoisotopic (exact) mass is 317 g/mol. The molecule has 0 unspecified atom stereocenters. The molecule has 0 bridgehead atoms. The van der Waals surface area contributed by atoms with Gasteiger partial charge in [-0.1, -0.05) is 48.5 Å². The van der Waals surface area contributed by atoms with E-state index in [4.69, 9.17) is 0 Å². The topological polar surface area (TPSA) is 19.4 Å². The third-order valence-electron chi connectivity index (χ3n) is 4.77. The van der Waals surface area contributed by atoms with Crippen LogP contribution in [-0.4, -0.2) is 41.0 Å². The summed E-state index contributed by atoms with van der Waals surface area (Å²) in [6, 6.07) is 21.4. The van der Waals surface area contributed by atoms with Crippen LogP contribution < -0.4 is 0 Å². The van der Waals surface area contributed by atoms with Crippen molar-refractivity contribution in [3.8, 4) is 0 Å². The maximum Gasteiger partial charge on any atom is 0.0702 e. The van der Waals surface area contributed by atoms with Gasteiger partial charge < -0.3 is 0 Å². The normalized spacial score (nSPS) is 16.5. The Morgan fingerprint density at radius 3 is 2.08 bits per heavy atom. The van der Waals surface area contributed by atoms with Crippen molar-refractivity contribution in [2.45, 2.75) is 13.1 Å². The second-order valence-corrected chi connectivity index (χ2v) is 6.57. The Kier molecular flexibility index (Phi) is 4.54. The predicted octanol–water partition coefficient (Wildman–Crippen LogP) is 3.55. The van der Waals surface area contributed by atoms with Crippen LogP contribution in [0, 0.1) is 0 Å². The molecule has 1 fully saturated rings. The summed E-state index contributed by atoms with van der Waals surface area (Å²) in [6.07, 6.45) is 2.03. The van der Waals surface area contributed by atoms with Crippen molar-refractivity contribution in [1.82, 2.24) is 14.8 Å². The molecule has 0 saturated carbocycles. The molecular weight excluding hydrogens is 294 g/mol. The van der Waals surface area contributed by atoms with Crippen molar-refractivity contribution in [3.63, 3.8) is 0 Å². The van der Waals surface area contributed by atoms with E-state index in [0.717, 1.165) is 44.8 Å². The van der Waals surface area contributed by atoms with Crippen LogP contribution in [0.3, 0.4) is 0 Å². The number of benzene rings is 2. The zero-order chi connectivity index (χ0) is 16.2. The number of piperazine rings is 1. The lowest BCUT2D eigenvalue weighted by atomic mass is 10.1. The smallest absolute Gasteiger partial charge is 0.0702 e. The number of hydrogen-bond acceptors (Lipinski definition) is 3. The minimum absolute atomic E-state index is 0.997. The van der Waals surface area contributed by atoms with E-state index >= 15 is 0 Å². The van der Waals surface area contributed by atoms with E-state index in [1.54, 1.807) is 0 Å². The number of nitrogens with zero attached hydrogens (tertiary/aromatic N) is 3.